The largest absolute Gasteiger partial charge is 0.495 e. The quantitative estimate of drug-likeness (QED) is 0.378. The van der Waals surface area contributed by atoms with Crippen molar-refractivity contribution in [3.05, 3.63) is 76.7 Å². The second-order valence-electron chi connectivity index (χ2n) is 9.29. The summed E-state index contributed by atoms with van der Waals surface area (Å²) in [5, 5.41) is 22.2. The average Bonchev–Trinajstić information content (AvgIpc) is 3.28. The molecule has 2 amide bonds. The molecule has 0 bridgehead atoms. The Bertz CT molecular complexity index is 1540. The molecule has 2 atom stereocenters. The number of halogens is 4. The monoisotopic (exact) mass is 558 g/mol. The van der Waals surface area contributed by atoms with Crippen molar-refractivity contribution in [1.82, 2.24) is 10.3 Å². The summed E-state index contributed by atoms with van der Waals surface area (Å²) in [6.07, 6.45) is -5.37. The minimum atomic E-state index is -5.37. The molecule has 1 aromatic heterocycles. The Balaban J connectivity index is 1.81. The van der Waals surface area contributed by atoms with E-state index in [-0.39, 0.29) is 46.1 Å². The number of alkyl halides is 3. The molecule has 2 aromatic carbocycles. The molecular weight excluding hydrogens is 536 g/mol. The molecule has 1 aliphatic rings. The first-order chi connectivity index (χ1) is 18.7. The van der Waals surface area contributed by atoms with E-state index in [1.54, 1.807) is 0 Å². The second kappa shape index (κ2) is 10.1. The normalized spacial score (nSPS) is 17.6. The number of aliphatic hydroxyl groups is 1. The number of nitrogens with two attached hydrogens (primary N) is 1. The van der Waals surface area contributed by atoms with Crippen LogP contribution in [0.2, 0.25) is 0 Å². The van der Waals surface area contributed by atoms with Crippen LogP contribution in [-0.2, 0) is 15.8 Å². The van der Waals surface area contributed by atoms with Gasteiger partial charge in [0, 0.05) is 16.7 Å². The predicted octanol–water partition coefficient (Wildman–Crippen LogP) is 3.08. The lowest BCUT2D eigenvalue weighted by Gasteiger charge is -2.31. The van der Waals surface area contributed by atoms with E-state index in [1.807, 2.05) is 6.07 Å². The van der Waals surface area contributed by atoms with Crippen molar-refractivity contribution in [1.29, 1.82) is 5.26 Å². The molecule has 1 aliphatic heterocycles. The number of hydrogen-bond acceptors (Lipinski definition) is 7. The summed E-state index contributed by atoms with van der Waals surface area (Å²) in [5.41, 5.74) is -0.866. The lowest BCUT2D eigenvalue weighted by molar-refractivity contribution is -0.265. The number of aromatic nitrogens is 1. The van der Waals surface area contributed by atoms with Gasteiger partial charge in [-0.15, -0.1) is 0 Å². The van der Waals surface area contributed by atoms with Gasteiger partial charge in [-0.3, -0.25) is 9.59 Å². The molecule has 0 unspecified atom stereocenters. The summed E-state index contributed by atoms with van der Waals surface area (Å²) >= 11 is 0. The number of rotatable bonds is 7. The van der Waals surface area contributed by atoms with E-state index >= 15 is 0 Å². The SMILES string of the molecule is COc1cc(C(=O)NC[C@](O)(c2cc3c(c(-c4ccc(F)cc4)n2)OC[C@]3(C)C(N)=O)C(F)(F)F)ccc1C#N. The topological polar surface area (TPSA) is 148 Å². The zero-order valence-electron chi connectivity index (χ0n) is 21.1. The smallest absolute Gasteiger partial charge is 0.424 e. The fraction of sp³-hybridized carbons (Fsp3) is 0.259. The standard InChI is InChI=1S/C27H22F4N4O5/c1-25(24(33)37)13-40-22-18(25)10-20(35-21(22)14-5-7-17(28)8-6-14)26(38,27(29,30)31)12-34-23(36)15-3-4-16(11-32)19(9-15)39-2/h3-10,38H,12-13H2,1-2H3,(H2,33,37)(H,34,36)/t25-,26-/m0/s1. The minimum Gasteiger partial charge on any atom is -0.495 e. The van der Waals surface area contributed by atoms with Crippen LogP contribution in [0.3, 0.4) is 0 Å². The van der Waals surface area contributed by atoms with Crippen LogP contribution in [0.1, 0.15) is 34.1 Å². The predicted molar refractivity (Wildman–Crippen MR) is 132 cm³/mol. The number of amides is 2. The van der Waals surface area contributed by atoms with Crippen LogP contribution in [0, 0.1) is 17.1 Å². The number of hydrogen-bond donors (Lipinski definition) is 3. The Hall–Kier alpha value is -4.70. The highest BCUT2D eigenvalue weighted by atomic mass is 19.4. The molecule has 2 heterocycles. The van der Waals surface area contributed by atoms with Crippen LogP contribution in [0.15, 0.2) is 48.5 Å². The van der Waals surface area contributed by atoms with Crippen molar-refractivity contribution in [3.8, 4) is 28.8 Å². The molecule has 9 nitrogen and oxygen atoms in total. The summed E-state index contributed by atoms with van der Waals surface area (Å²) in [4.78, 5) is 29.1. The van der Waals surface area contributed by atoms with E-state index in [4.69, 9.17) is 20.5 Å². The lowest BCUT2D eigenvalue weighted by atomic mass is 9.81. The number of methoxy groups -OCH3 is 1. The maximum atomic E-state index is 14.5. The van der Waals surface area contributed by atoms with Gasteiger partial charge in [0.1, 0.15) is 41.1 Å². The van der Waals surface area contributed by atoms with Crippen LogP contribution in [0.5, 0.6) is 11.5 Å². The molecule has 208 valence electrons. The fourth-order valence-corrected chi connectivity index (χ4v) is 4.17. The van der Waals surface area contributed by atoms with Gasteiger partial charge in [-0.05, 0) is 55.5 Å². The van der Waals surface area contributed by atoms with Crippen LogP contribution >= 0.6 is 0 Å². The van der Waals surface area contributed by atoms with Gasteiger partial charge >= 0.3 is 6.18 Å². The average molecular weight is 558 g/mol. The molecule has 0 spiro atoms. The maximum Gasteiger partial charge on any atom is 0.424 e. The number of nitrogens with zero attached hydrogens (tertiary/aromatic N) is 2. The van der Waals surface area contributed by atoms with Gasteiger partial charge < -0.3 is 25.6 Å². The van der Waals surface area contributed by atoms with Gasteiger partial charge in [0.15, 0.2) is 0 Å². The Morgan fingerprint density at radius 1 is 1.23 bits per heavy atom. The van der Waals surface area contributed by atoms with E-state index < -0.39 is 47.1 Å². The molecule has 4 N–H and O–H groups in total. The third kappa shape index (κ3) is 4.77. The summed E-state index contributed by atoms with van der Waals surface area (Å²) < 4.78 is 67.7. The van der Waals surface area contributed by atoms with Crippen LogP contribution in [0.4, 0.5) is 17.6 Å². The Kier molecular flexibility index (Phi) is 7.16. The van der Waals surface area contributed by atoms with Crippen molar-refractivity contribution in [2.24, 2.45) is 5.73 Å². The molecule has 0 saturated heterocycles. The Morgan fingerprint density at radius 2 is 1.90 bits per heavy atom. The van der Waals surface area contributed by atoms with Gasteiger partial charge in [0.05, 0.1) is 24.9 Å². The number of carbonyl (C=O) groups excluding carboxylic acids is 2. The number of nitrogens with one attached hydrogen (secondary N) is 1. The molecule has 40 heavy (non-hydrogen) atoms. The number of nitriles is 1. The summed E-state index contributed by atoms with van der Waals surface area (Å²) in [7, 11) is 1.25. The van der Waals surface area contributed by atoms with Gasteiger partial charge in [0.2, 0.25) is 11.5 Å². The van der Waals surface area contributed by atoms with E-state index in [1.165, 1.54) is 38.3 Å². The van der Waals surface area contributed by atoms with Crippen molar-refractivity contribution >= 4 is 11.8 Å². The van der Waals surface area contributed by atoms with Crippen molar-refractivity contribution < 1.29 is 41.7 Å². The molecule has 4 rings (SSSR count). The number of carbonyl (C=O) groups is 2. The zero-order chi connectivity index (χ0) is 29.5. The van der Waals surface area contributed by atoms with Gasteiger partial charge in [-0.25, -0.2) is 9.37 Å². The fourth-order valence-electron chi connectivity index (χ4n) is 4.17. The molecule has 0 fully saturated rings. The molecule has 0 radical (unpaired) electrons. The number of benzene rings is 2. The molecular formula is C27H22F4N4O5. The first-order valence-electron chi connectivity index (χ1n) is 11.6. The highest BCUT2D eigenvalue weighted by molar-refractivity contribution is 5.95. The van der Waals surface area contributed by atoms with Gasteiger partial charge in [-0.2, -0.15) is 18.4 Å². The maximum absolute atomic E-state index is 14.5. The summed E-state index contributed by atoms with van der Waals surface area (Å²) in [5.74, 6) is -2.54. The minimum absolute atomic E-state index is 0.0243. The zero-order valence-corrected chi connectivity index (χ0v) is 21.1. The van der Waals surface area contributed by atoms with E-state index in [0.29, 0.717) is 0 Å². The van der Waals surface area contributed by atoms with Crippen LogP contribution in [-0.4, -0.2) is 48.3 Å². The van der Waals surface area contributed by atoms with Crippen LogP contribution < -0.4 is 20.5 Å². The molecule has 0 aliphatic carbocycles. The first-order valence-corrected chi connectivity index (χ1v) is 11.6. The van der Waals surface area contributed by atoms with Crippen molar-refractivity contribution in [3.63, 3.8) is 0 Å². The van der Waals surface area contributed by atoms with Crippen molar-refractivity contribution in [2.75, 3.05) is 20.3 Å². The number of fused-ring (bicyclic) bond motifs is 1. The number of ether oxygens (including phenoxy) is 2. The Labute approximate surface area is 225 Å². The number of primary amides is 1. The Morgan fingerprint density at radius 3 is 2.48 bits per heavy atom. The highest BCUT2D eigenvalue weighted by Gasteiger charge is 2.57. The third-order valence-electron chi connectivity index (χ3n) is 6.72. The van der Waals surface area contributed by atoms with Gasteiger partial charge in [0.25, 0.3) is 5.91 Å². The lowest BCUT2D eigenvalue weighted by Crippen LogP contribution is -2.51. The second-order valence-corrected chi connectivity index (χ2v) is 9.29. The number of pyridine rings is 1. The van der Waals surface area contributed by atoms with E-state index in [2.05, 4.69) is 10.3 Å². The van der Waals surface area contributed by atoms with E-state index in [9.17, 15) is 32.3 Å². The molecule has 3 aromatic rings. The third-order valence-corrected chi connectivity index (χ3v) is 6.72. The highest BCUT2D eigenvalue weighted by Crippen LogP contribution is 2.47. The molecule has 0 saturated carbocycles. The summed E-state index contributed by atoms with van der Waals surface area (Å²) in [6, 6.07) is 10.9. The first kappa shape index (κ1) is 28.3. The summed E-state index contributed by atoms with van der Waals surface area (Å²) in [6.45, 7) is -0.314. The van der Waals surface area contributed by atoms with Crippen LogP contribution in [0.25, 0.3) is 11.3 Å². The van der Waals surface area contributed by atoms with Crippen molar-refractivity contribution in [2.45, 2.75) is 24.1 Å². The molecule has 13 heteroatoms. The van der Waals surface area contributed by atoms with Gasteiger partial charge in [-0.1, -0.05) is 0 Å². The van der Waals surface area contributed by atoms with E-state index in [0.717, 1.165) is 24.3 Å².